The lowest BCUT2D eigenvalue weighted by Crippen LogP contribution is -2.59. The van der Waals surface area contributed by atoms with Crippen molar-refractivity contribution in [3.8, 4) is 0 Å². The summed E-state index contributed by atoms with van der Waals surface area (Å²) in [6.45, 7) is 7.56. The quantitative estimate of drug-likeness (QED) is 0.465. The number of hydrogen-bond acceptors (Lipinski definition) is 5. The minimum Gasteiger partial charge on any atom is -0.460 e. The molecule has 0 aromatic heterocycles. The molecular weight excluding hydrogens is 417 g/mol. The van der Waals surface area contributed by atoms with Gasteiger partial charge >= 0.3 is 5.97 Å². The molecule has 10 heteroatoms. The molecular formula is C17H28Cl3N3O4. The number of alkyl halides is 3. The molecule has 1 aliphatic rings. The Labute approximate surface area is 175 Å². The summed E-state index contributed by atoms with van der Waals surface area (Å²) in [6.07, 6.45) is 1.80. The zero-order valence-electron chi connectivity index (χ0n) is 16.1. The Morgan fingerprint density at radius 3 is 2.41 bits per heavy atom. The summed E-state index contributed by atoms with van der Waals surface area (Å²) in [5, 5.41) is 4.10. The van der Waals surface area contributed by atoms with E-state index in [1.54, 1.807) is 6.92 Å². The maximum absolute atomic E-state index is 12.6. The lowest BCUT2D eigenvalue weighted by Gasteiger charge is -2.34. The molecule has 1 aliphatic heterocycles. The largest absolute Gasteiger partial charge is 0.460 e. The molecule has 0 aliphatic carbocycles. The number of rotatable bonds is 7. The van der Waals surface area contributed by atoms with Crippen molar-refractivity contribution in [3.05, 3.63) is 0 Å². The molecule has 2 N–H and O–H groups in total. The molecule has 27 heavy (non-hydrogen) atoms. The summed E-state index contributed by atoms with van der Waals surface area (Å²) in [5.74, 6) is -1.03. The standard InChI is InChI=1S/C17H28Cl3N3O4/c1-5-12(10(2)3)14(24)21-11(4)15(25)23-8-6-7-13(22-23)16(26)27-9-17(18,19)20/h10-13,22H,5-9H2,1-4H3,(H,21,24). The van der Waals surface area contributed by atoms with Gasteiger partial charge in [-0.25, -0.2) is 5.43 Å². The number of nitrogens with zero attached hydrogens (tertiary/aromatic N) is 1. The average molecular weight is 445 g/mol. The van der Waals surface area contributed by atoms with Crippen LogP contribution in [0.3, 0.4) is 0 Å². The molecule has 1 rings (SSSR count). The smallest absolute Gasteiger partial charge is 0.325 e. The predicted molar refractivity (Wildman–Crippen MR) is 105 cm³/mol. The Balaban J connectivity index is 2.61. The minimum atomic E-state index is -1.69. The monoisotopic (exact) mass is 443 g/mol. The van der Waals surface area contributed by atoms with Crippen LogP contribution in [0.15, 0.2) is 0 Å². The lowest BCUT2D eigenvalue weighted by molar-refractivity contribution is -0.153. The highest BCUT2D eigenvalue weighted by Crippen LogP contribution is 2.26. The molecule has 156 valence electrons. The van der Waals surface area contributed by atoms with E-state index in [0.717, 1.165) is 0 Å². The first kappa shape index (κ1) is 24.3. The molecule has 0 spiro atoms. The molecule has 0 aromatic carbocycles. The molecule has 1 saturated heterocycles. The molecule has 1 fully saturated rings. The third kappa shape index (κ3) is 8.02. The van der Waals surface area contributed by atoms with Crippen LogP contribution >= 0.6 is 34.8 Å². The van der Waals surface area contributed by atoms with Crippen molar-refractivity contribution >= 4 is 52.6 Å². The van der Waals surface area contributed by atoms with E-state index >= 15 is 0 Å². The van der Waals surface area contributed by atoms with Gasteiger partial charge in [0.05, 0.1) is 0 Å². The molecule has 0 radical (unpaired) electrons. The van der Waals surface area contributed by atoms with Crippen molar-refractivity contribution in [3.63, 3.8) is 0 Å². The zero-order chi connectivity index (χ0) is 20.8. The summed E-state index contributed by atoms with van der Waals surface area (Å²) in [7, 11) is 0. The molecule has 0 saturated carbocycles. The fraction of sp³-hybridized carbons (Fsp3) is 0.824. The summed E-state index contributed by atoms with van der Waals surface area (Å²) >= 11 is 16.7. The van der Waals surface area contributed by atoms with Crippen LogP contribution in [0.2, 0.25) is 0 Å². The van der Waals surface area contributed by atoms with Gasteiger partial charge < -0.3 is 10.1 Å². The number of hydrogen-bond donors (Lipinski definition) is 2. The van der Waals surface area contributed by atoms with Crippen molar-refractivity contribution in [2.24, 2.45) is 11.8 Å². The molecule has 1 heterocycles. The minimum absolute atomic E-state index is 0.149. The van der Waals surface area contributed by atoms with Crippen LogP contribution < -0.4 is 10.7 Å². The Hall–Kier alpha value is -0.760. The van der Waals surface area contributed by atoms with Crippen molar-refractivity contribution < 1.29 is 19.1 Å². The summed E-state index contributed by atoms with van der Waals surface area (Å²) in [5.41, 5.74) is 2.84. The normalized spacial score (nSPS) is 20.1. The number of amides is 2. The van der Waals surface area contributed by atoms with E-state index in [0.29, 0.717) is 25.8 Å². The number of carbonyl (C=O) groups is 3. The van der Waals surface area contributed by atoms with Crippen molar-refractivity contribution in [2.75, 3.05) is 13.2 Å². The van der Waals surface area contributed by atoms with Gasteiger partial charge in [-0.15, -0.1) is 0 Å². The first-order chi connectivity index (χ1) is 12.5. The SMILES string of the molecule is CCC(C(=O)NC(C)C(=O)N1CCCC(C(=O)OCC(Cl)(Cl)Cl)N1)C(C)C. The van der Waals surface area contributed by atoms with Crippen LogP contribution in [0.5, 0.6) is 0 Å². The number of nitrogens with one attached hydrogen (secondary N) is 2. The van der Waals surface area contributed by atoms with E-state index in [4.69, 9.17) is 39.5 Å². The highest BCUT2D eigenvalue weighted by molar-refractivity contribution is 6.67. The van der Waals surface area contributed by atoms with E-state index in [9.17, 15) is 14.4 Å². The molecule has 3 unspecified atom stereocenters. The van der Waals surface area contributed by atoms with Crippen LogP contribution in [0.25, 0.3) is 0 Å². The van der Waals surface area contributed by atoms with Crippen molar-refractivity contribution in [2.45, 2.75) is 62.8 Å². The van der Waals surface area contributed by atoms with E-state index < -0.39 is 21.8 Å². The van der Waals surface area contributed by atoms with E-state index in [1.807, 2.05) is 20.8 Å². The third-order valence-electron chi connectivity index (χ3n) is 4.43. The van der Waals surface area contributed by atoms with Gasteiger partial charge in [-0.05, 0) is 32.1 Å². The van der Waals surface area contributed by atoms with Crippen LogP contribution in [-0.2, 0) is 19.1 Å². The van der Waals surface area contributed by atoms with Gasteiger partial charge in [0.25, 0.3) is 5.91 Å². The second-order valence-electron chi connectivity index (χ2n) is 7.03. The van der Waals surface area contributed by atoms with Gasteiger partial charge in [0.15, 0.2) is 0 Å². The fourth-order valence-corrected chi connectivity index (χ4v) is 3.11. The second kappa shape index (κ2) is 10.7. The van der Waals surface area contributed by atoms with Crippen LogP contribution in [0.4, 0.5) is 0 Å². The van der Waals surface area contributed by atoms with Gasteiger partial charge in [-0.1, -0.05) is 55.6 Å². The summed E-state index contributed by atoms with van der Waals surface area (Å²) in [4.78, 5) is 37.1. The zero-order valence-corrected chi connectivity index (χ0v) is 18.3. The number of ether oxygens (including phenoxy) is 1. The van der Waals surface area contributed by atoms with Crippen LogP contribution in [0.1, 0.15) is 47.0 Å². The summed E-state index contributed by atoms with van der Waals surface area (Å²) < 4.78 is 3.28. The van der Waals surface area contributed by atoms with Crippen LogP contribution in [0, 0.1) is 11.8 Å². The highest BCUT2D eigenvalue weighted by atomic mass is 35.6. The molecule has 2 amide bonds. The van der Waals surface area contributed by atoms with Gasteiger partial charge in [-0.2, -0.15) is 0 Å². The van der Waals surface area contributed by atoms with Gasteiger partial charge in [0, 0.05) is 12.5 Å². The maximum Gasteiger partial charge on any atom is 0.325 e. The van der Waals surface area contributed by atoms with Gasteiger partial charge in [0.2, 0.25) is 9.70 Å². The topological polar surface area (TPSA) is 87.7 Å². The first-order valence-electron chi connectivity index (χ1n) is 9.07. The number of hydrazine groups is 1. The third-order valence-corrected chi connectivity index (χ3v) is 4.75. The van der Waals surface area contributed by atoms with E-state index in [2.05, 4.69) is 10.7 Å². The van der Waals surface area contributed by atoms with E-state index in [1.165, 1.54) is 5.01 Å². The van der Waals surface area contributed by atoms with Gasteiger partial charge in [-0.3, -0.25) is 19.4 Å². The summed E-state index contributed by atoms with van der Waals surface area (Å²) in [6, 6.07) is -1.43. The Bertz CT molecular complexity index is 540. The van der Waals surface area contributed by atoms with Crippen molar-refractivity contribution in [1.29, 1.82) is 0 Å². The predicted octanol–water partition coefficient (Wildman–Crippen LogP) is 2.58. The first-order valence-corrected chi connectivity index (χ1v) is 10.2. The Morgan fingerprint density at radius 2 is 1.89 bits per heavy atom. The number of halogens is 3. The average Bonchev–Trinajstić information content (AvgIpc) is 2.58. The Kier molecular flexibility index (Phi) is 9.62. The highest BCUT2D eigenvalue weighted by Gasteiger charge is 2.33. The van der Waals surface area contributed by atoms with Crippen LogP contribution in [-0.4, -0.2) is 51.8 Å². The molecule has 7 nitrogen and oxygen atoms in total. The number of esters is 1. The van der Waals surface area contributed by atoms with Gasteiger partial charge in [0.1, 0.15) is 18.7 Å². The molecule has 0 aromatic rings. The maximum atomic E-state index is 12.6. The number of carbonyl (C=O) groups excluding carboxylic acids is 3. The van der Waals surface area contributed by atoms with E-state index in [-0.39, 0.29) is 30.3 Å². The fourth-order valence-electron chi connectivity index (χ4n) is 2.94. The lowest BCUT2D eigenvalue weighted by atomic mass is 9.92. The van der Waals surface area contributed by atoms with Crippen molar-refractivity contribution in [1.82, 2.24) is 15.8 Å². The second-order valence-corrected chi connectivity index (χ2v) is 9.54. The molecule has 3 atom stereocenters. The molecule has 0 bridgehead atoms. The Morgan fingerprint density at radius 1 is 1.26 bits per heavy atom.